The number of aliphatic hydroxyl groups is 1. The normalized spacial score (nSPS) is 16.6. The van der Waals surface area contributed by atoms with Crippen molar-refractivity contribution in [2.45, 2.75) is 24.8 Å². The average molecular weight is 272 g/mol. The number of aliphatic hydroxyl groups excluding tert-OH is 1. The molecule has 0 radical (unpaired) electrons. The molecule has 104 valence electrons. The third-order valence-corrected chi connectivity index (χ3v) is 3.95. The molecule has 0 aliphatic heterocycles. The van der Waals surface area contributed by atoms with Crippen LogP contribution in [0.3, 0.4) is 0 Å². The van der Waals surface area contributed by atoms with Gasteiger partial charge in [0.2, 0.25) is 0 Å². The van der Waals surface area contributed by atoms with Gasteiger partial charge in [0, 0.05) is 5.39 Å². The summed E-state index contributed by atoms with van der Waals surface area (Å²) in [6.45, 7) is 0.0317. The van der Waals surface area contributed by atoms with E-state index in [2.05, 4.69) is 10.3 Å². The lowest BCUT2D eigenvalue weighted by atomic mass is 9.77. The minimum Gasteiger partial charge on any atom is -0.478 e. The number of aromatic carboxylic acids is 1. The summed E-state index contributed by atoms with van der Waals surface area (Å²) in [7, 11) is 0. The first-order valence-electron chi connectivity index (χ1n) is 6.66. The first-order valence-corrected chi connectivity index (χ1v) is 6.66. The van der Waals surface area contributed by atoms with Crippen LogP contribution < -0.4 is 5.32 Å². The summed E-state index contributed by atoms with van der Waals surface area (Å²) in [6.07, 6.45) is 2.81. The van der Waals surface area contributed by atoms with Crippen molar-refractivity contribution >= 4 is 22.7 Å². The molecule has 0 atom stereocenters. The molecule has 1 saturated carbocycles. The van der Waals surface area contributed by atoms with Crippen LogP contribution in [0, 0.1) is 0 Å². The molecule has 1 heterocycles. The molecule has 1 aromatic carbocycles. The zero-order chi connectivity index (χ0) is 14.2. The Kier molecular flexibility index (Phi) is 3.06. The number of hydrogen-bond donors (Lipinski definition) is 3. The van der Waals surface area contributed by atoms with Crippen LogP contribution in [0.15, 0.2) is 30.3 Å². The molecule has 5 nitrogen and oxygen atoms in total. The van der Waals surface area contributed by atoms with E-state index < -0.39 is 5.97 Å². The molecule has 1 fully saturated rings. The summed E-state index contributed by atoms with van der Waals surface area (Å²) >= 11 is 0. The van der Waals surface area contributed by atoms with Crippen molar-refractivity contribution in [2.75, 3.05) is 11.9 Å². The second-order valence-electron chi connectivity index (χ2n) is 5.29. The Hall–Kier alpha value is -2.14. The Morgan fingerprint density at radius 1 is 1.35 bits per heavy atom. The monoisotopic (exact) mass is 272 g/mol. The second kappa shape index (κ2) is 4.76. The lowest BCUT2D eigenvalue weighted by Crippen LogP contribution is -2.48. The summed E-state index contributed by atoms with van der Waals surface area (Å²) < 4.78 is 0. The van der Waals surface area contributed by atoms with Gasteiger partial charge < -0.3 is 15.5 Å². The maximum atomic E-state index is 11.4. The Balaban J connectivity index is 2.06. The molecule has 2 aromatic rings. The quantitative estimate of drug-likeness (QED) is 0.795. The zero-order valence-corrected chi connectivity index (χ0v) is 11.0. The molecule has 1 aromatic heterocycles. The molecule has 3 rings (SSSR count). The van der Waals surface area contributed by atoms with Gasteiger partial charge in [-0.3, -0.25) is 0 Å². The number of anilines is 1. The molecule has 1 aliphatic carbocycles. The predicted molar refractivity (Wildman–Crippen MR) is 76.0 cm³/mol. The van der Waals surface area contributed by atoms with E-state index in [9.17, 15) is 15.0 Å². The summed E-state index contributed by atoms with van der Waals surface area (Å²) in [6, 6.07) is 8.71. The highest BCUT2D eigenvalue weighted by molar-refractivity contribution is 6.03. The number of nitrogens with zero attached hydrogens (tertiary/aromatic N) is 1. The van der Waals surface area contributed by atoms with Gasteiger partial charge in [-0.1, -0.05) is 18.2 Å². The third kappa shape index (κ3) is 2.10. The summed E-state index contributed by atoms with van der Waals surface area (Å²) in [5.41, 5.74) is 0.526. The third-order valence-electron chi connectivity index (χ3n) is 3.95. The molecule has 1 aliphatic rings. The molecule has 0 unspecified atom stereocenters. The highest BCUT2D eigenvalue weighted by Gasteiger charge is 2.36. The summed E-state index contributed by atoms with van der Waals surface area (Å²) in [5, 5.41) is 22.6. The van der Waals surface area contributed by atoms with Gasteiger partial charge >= 0.3 is 5.97 Å². The number of pyridine rings is 1. The van der Waals surface area contributed by atoms with Gasteiger partial charge in [0.15, 0.2) is 0 Å². The number of para-hydroxylation sites is 1. The SMILES string of the molecule is O=C(O)c1cc(NC2(CO)CCC2)nc2ccccc12. The Labute approximate surface area is 116 Å². The number of rotatable bonds is 4. The largest absolute Gasteiger partial charge is 0.478 e. The molecular formula is C15H16N2O3. The Bertz CT molecular complexity index is 660. The van der Waals surface area contributed by atoms with E-state index in [4.69, 9.17) is 0 Å². The molecular weight excluding hydrogens is 256 g/mol. The van der Waals surface area contributed by atoms with Gasteiger partial charge in [-0.15, -0.1) is 0 Å². The zero-order valence-electron chi connectivity index (χ0n) is 11.0. The van der Waals surface area contributed by atoms with E-state index in [1.165, 1.54) is 0 Å². The van der Waals surface area contributed by atoms with E-state index in [-0.39, 0.29) is 17.7 Å². The smallest absolute Gasteiger partial charge is 0.336 e. The molecule has 5 heteroatoms. The van der Waals surface area contributed by atoms with Crippen LogP contribution >= 0.6 is 0 Å². The highest BCUT2D eigenvalue weighted by atomic mass is 16.4. The maximum absolute atomic E-state index is 11.4. The van der Waals surface area contributed by atoms with Crippen LogP contribution in [0.4, 0.5) is 5.82 Å². The van der Waals surface area contributed by atoms with E-state index in [0.29, 0.717) is 16.7 Å². The van der Waals surface area contributed by atoms with E-state index in [1.807, 2.05) is 6.07 Å². The van der Waals surface area contributed by atoms with Crippen molar-refractivity contribution < 1.29 is 15.0 Å². The molecule has 20 heavy (non-hydrogen) atoms. The predicted octanol–water partition coefficient (Wildman–Crippen LogP) is 2.26. The number of nitrogens with one attached hydrogen (secondary N) is 1. The first-order chi connectivity index (χ1) is 9.63. The maximum Gasteiger partial charge on any atom is 0.336 e. The summed E-state index contributed by atoms with van der Waals surface area (Å²) in [4.78, 5) is 15.8. The Morgan fingerprint density at radius 3 is 2.70 bits per heavy atom. The van der Waals surface area contributed by atoms with Crippen LogP contribution in [-0.2, 0) is 0 Å². The lowest BCUT2D eigenvalue weighted by Gasteiger charge is -2.41. The fourth-order valence-corrected chi connectivity index (χ4v) is 2.61. The molecule has 3 N–H and O–H groups in total. The topological polar surface area (TPSA) is 82.5 Å². The van der Waals surface area contributed by atoms with Crippen LogP contribution in [0.2, 0.25) is 0 Å². The Morgan fingerprint density at radius 2 is 2.10 bits per heavy atom. The van der Waals surface area contributed by atoms with Crippen LogP contribution in [0.1, 0.15) is 29.6 Å². The highest BCUT2D eigenvalue weighted by Crippen LogP contribution is 2.35. The lowest BCUT2D eigenvalue weighted by molar-refractivity contribution is 0.0699. The number of carboxylic acid groups (broad SMARTS) is 1. The minimum absolute atomic E-state index is 0.0317. The van der Waals surface area contributed by atoms with Crippen molar-refractivity contribution in [1.29, 1.82) is 0 Å². The van der Waals surface area contributed by atoms with Gasteiger partial charge in [0.1, 0.15) is 5.82 Å². The van der Waals surface area contributed by atoms with Crippen LogP contribution in [0.5, 0.6) is 0 Å². The molecule has 0 bridgehead atoms. The number of fused-ring (bicyclic) bond motifs is 1. The van der Waals surface area contributed by atoms with E-state index in [1.54, 1.807) is 24.3 Å². The van der Waals surface area contributed by atoms with Crippen LogP contribution in [-0.4, -0.2) is 33.3 Å². The fraction of sp³-hybridized carbons (Fsp3) is 0.333. The van der Waals surface area contributed by atoms with Gasteiger partial charge in [-0.2, -0.15) is 0 Å². The average Bonchev–Trinajstić information content (AvgIpc) is 2.42. The first kappa shape index (κ1) is 12.9. The van der Waals surface area contributed by atoms with Crippen molar-refractivity contribution in [1.82, 2.24) is 4.98 Å². The number of carboxylic acids is 1. The van der Waals surface area contributed by atoms with E-state index >= 15 is 0 Å². The van der Waals surface area contributed by atoms with Gasteiger partial charge in [0.25, 0.3) is 0 Å². The summed E-state index contributed by atoms with van der Waals surface area (Å²) in [5.74, 6) is -0.465. The molecule has 0 amide bonds. The van der Waals surface area contributed by atoms with Crippen molar-refractivity contribution in [3.8, 4) is 0 Å². The molecule has 0 saturated heterocycles. The number of aromatic nitrogens is 1. The van der Waals surface area contributed by atoms with E-state index in [0.717, 1.165) is 19.3 Å². The van der Waals surface area contributed by atoms with Gasteiger partial charge in [0.05, 0.1) is 23.2 Å². The van der Waals surface area contributed by atoms with Crippen LogP contribution in [0.25, 0.3) is 10.9 Å². The fourth-order valence-electron chi connectivity index (χ4n) is 2.61. The molecule has 0 spiro atoms. The second-order valence-corrected chi connectivity index (χ2v) is 5.29. The van der Waals surface area contributed by atoms with Crippen molar-refractivity contribution in [2.24, 2.45) is 0 Å². The van der Waals surface area contributed by atoms with Gasteiger partial charge in [-0.25, -0.2) is 9.78 Å². The van der Waals surface area contributed by atoms with Crippen molar-refractivity contribution in [3.05, 3.63) is 35.9 Å². The number of hydrogen-bond acceptors (Lipinski definition) is 4. The van der Waals surface area contributed by atoms with Crippen molar-refractivity contribution in [3.63, 3.8) is 0 Å². The standard InChI is InChI=1S/C15H16N2O3/c18-9-15(6-3-7-15)17-13-8-11(14(19)20)10-4-1-2-5-12(10)16-13/h1-2,4-5,8,18H,3,6-7,9H2,(H,16,17)(H,19,20). The number of benzene rings is 1. The minimum atomic E-state index is -0.974. The van der Waals surface area contributed by atoms with Gasteiger partial charge in [-0.05, 0) is 31.4 Å². The number of carbonyl (C=O) groups is 1.